The van der Waals surface area contributed by atoms with Crippen LogP contribution in [0.4, 0.5) is 13.2 Å². The molecule has 0 aromatic heterocycles. The first-order valence-corrected chi connectivity index (χ1v) is 10.3. The van der Waals surface area contributed by atoms with Crippen LogP contribution < -0.4 is 0 Å². The molecular formula is C23H26F3NO2. The van der Waals surface area contributed by atoms with Gasteiger partial charge in [0.05, 0.1) is 17.6 Å². The second-order valence-electron chi connectivity index (χ2n) is 8.13. The monoisotopic (exact) mass is 405 g/mol. The summed E-state index contributed by atoms with van der Waals surface area (Å²) in [5.41, 5.74) is 0.299. The van der Waals surface area contributed by atoms with Gasteiger partial charge in [0.25, 0.3) is 0 Å². The number of ether oxygens (including phenoxy) is 1. The van der Waals surface area contributed by atoms with Crippen LogP contribution in [0.3, 0.4) is 0 Å². The Hall–Kier alpha value is -2.29. The average Bonchev–Trinajstić information content (AvgIpc) is 2.72. The zero-order chi connectivity index (χ0) is 20.9. The van der Waals surface area contributed by atoms with Crippen LogP contribution >= 0.6 is 0 Å². The van der Waals surface area contributed by atoms with Gasteiger partial charge < -0.3 is 4.74 Å². The Morgan fingerprint density at radius 3 is 2.17 bits per heavy atom. The summed E-state index contributed by atoms with van der Waals surface area (Å²) < 4.78 is 43.8. The Morgan fingerprint density at radius 1 is 1.00 bits per heavy atom. The minimum absolute atomic E-state index is 0.0608. The van der Waals surface area contributed by atoms with Gasteiger partial charge >= 0.3 is 12.1 Å². The predicted molar refractivity (Wildman–Crippen MR) is 103 cm³/mol. The number of hydrogen-bond donors (Lipinski definition) is 0. The molecule has 0 N–H and O–H groups in total. The van der Waals surface area contributed by atoms with Crippen molar-refractivity contribution >= 4 is 5.97 Å². The van der Waals surface area contributed by atoms with E-state index in [-0.39, 0.29) is 23.9 Å². The number of rotatable bonds is 4. The lowest BCUT2D eigenvalue weighted by molar-refractivity contribution is -0.157. The summed E-state index contributed by atoms with van der Waals surface area (Å²) in [5.74, 6) is 0.410. The number of esters is 1. The summed E-state index contributed by atoms with van der Waals surface area (Å²) in [6.45, 7) is 0. The third-order valence-electron chi connectivity index (χ3n) is 6.21. The summed E-state index contributed by atoms with van der Waals surface area (Å²) in [7, 11) is 0. The van der Waals surface area contributed by atoms with Gasteiger partial charge in [-0.25, -0.2) is 0 Å². The lowest BCUT2D eigenvalue weighted by Crippen LogP contribution is -2.29. The molecule has 2 saturated carbocycles. The zero-order valence-corrected chi connectivity index (χ0v) is 16.3. The van der Waals surface area contributed by atoms with Crippen molar-refractivity contribution in [3.63, 3.8) is 0 Å². The van der Waals surface area contributed by atoms with Crippen molar-refractivity contribution in [3.05, 3.63) is 47.5 Å². The molecule has 0 radical (unpaired) electrons. The molecule has 3 nitrogen and oxygen atoms in total. The molecule has 156 valence electrons. The molecule has 1 aromatic carbocycles. The Balaban J connectivity index is 1.43. The molecule has 6 heteroatoms. The highest BCUT2D eigenvalue weighted by Crippen LogP contribution is 2.37. The highest BCUT2D eigenvalue weighted by atomic mass is 19.4. The molecule has 0 amide bonds. The number of nitriles is 1. The van der Waals surface area contributed by atoms with Crippen LogP contribution in [0.15, 0.2) is 36.4 Å². The Labute approximate surface area is 169 Å². The van der Waals surface area contributed by atoms with Crippen LogP contribution in [0.5, 0.6) is 0 Å². The summed E-state index contributed by atoms with van der Waals surface area (Å²) in [4.78, 5) is 12.5. The molecule has 2 aliphatic carbocycles. The van der Waals surface area contributed by atoms with E-state index >= 15 is 0 Å². The van der Waals surface area contributed by atoms with Gasteiger partial charge in [-0.15, -0.1) is 0 Å². The molecule has 3 rings (SSSR count). The van der Waals surface area contributed by atoms with E-state index in [2.05, 4.69) is 0 Å². The largest absolute Gasteiger partial charge is 0.462 e. The van der Waals surface area contributed by atoms with Gasteiger partial charge in [0.15, 0.2) is 0 Å². The van der Waals surface area contributed by atoms with E-state index in [9.17, 15) is 18.0 Å². The number of halogens is 3. The predicted octanol–water partition coefficient (Wildman–Crippen LogP) is 6.16. The van der Waals surface area contributed by atoms with Crippen LogP contribution in [0, 0.1) is 23.2 Å². The molecule has 29 heavy (non-hydrogen) atoms. The summed E-state index contributed by atoms with van der Waals surface area (Å²) >= 11 is 0. The maximum atomic E-state index is 12.7. The highest BCUT2D eigenvalue weighted by molar-refractivity contribution is 5.72. The van der Waals surface area contributed by atoms with Crippen molar-refractivity contribution in [3.8, 4) is 6.07 Å². The average molecular weight is 405 g/mol. The fraction of sp³-hybridized carbons (Fsp3) is 0.565. The van der Waals surface area contributed by atoms with Crippen molar-refractivity contribution in [2.24, 2.45) is 11.8 Å². The third-order valence-corrected chi connectivity index (χ3v) is 6.21. The van der Waals surface area contributed by atoms with Crippen LogP contribution in [-0.4, -0.2) is 12.1 Å². The molecule has 0 spiro atoms. The van der Waals surface area contributed by atoms with Crippen LogP contribution in [0.1, 0.15) is 68.4 Å². The summed E-state index contributed by atoms with van der Waals surface area (Å²) in [6.07, 6.45) is 5.54. The van der Waals surface area contributed by atoms with E-state index < -0.39 is 11.7 Å². The topological polar surface area (TPSA) is 50.1 Å². The molecule has 2 aliphatic rings. The van der Waals surface area contributed by atoms with Gasteiger partial charge in [0, 0.05) is 6.08 Å². The maximum absolute atomic E-state index is 12.7. The van der Waals surface area contributed by atoms with Crippen LogP contribution in [-0.2, 0) is 15.7 Å². The van der Waals surface area contributed by atoms with Gasteiger partial charge in [0.1, 0.15) is 6.10 Å². The number of allylic oxidation sites excluding steroid dienone is 2. The standard InChI is InChI=1S/C23H26F3NO2/c24-23(25,26)20-11-7-17(8-12-20)18-9-13-21(14-10-18)29-22(28)19-5-3-16(4-6-19)2-1-15-27/h1-2,7-8,11-12,16,18-19,21H,3-6,9-10,13-14H2/b2-1+. The van der Waals surface area contributed by atoms with Gasteiger partial charge in [0.2, 0.25) is 0 Å². The van der Waals surface area contributed by atoms with Gasteiger partial charge in [-0.2, -0.15) is 18.4 Å². The first kappa shape index (κ1) is 21.4. The van der Waals surface area contributed by atoms with E-state index in [4.69, 9.17) is 10.00 Å². The molecule has 0 unspecified atom stereocenters. The lowest BCUT2D eigenvalue weighted by Gasteiger charge is -2.31. The first-order chi connectivity index (χ1) is 13.9. The smallest absolute Gasteiger partial charge is 0.416 e. The fourth-order valence-electron chi connectivity index (χ4n) is 4.45. The number of alkyl halides is 3. The summed E-state index contributed by atoms with van der Waals surface area (Å²) in [6, 6.07) is 7.43. The summed E-state index contributed by atoms with van der Waals surface area (Å²) in [5, 5.41) is 8.60. The minimum Gasteiger partial charge on any atom is -0.462 e. The van der Waals surface area contributed by atoms with Gasteiger partial charge in [-0.3, -0.25) is 4.79 Å². The second-order valence-corrected chi connectivity index (χ2v) is 8.13. The fourth-order valence-corrected chi connectivity index (χ4v) is 4.45. The Morgan fingerprint density at radius 2 is 1.62 bits per heavy atom. The molecule has 0 heterocycles. The molecule has 0 saturated heterocycles. The van der Waals surface area contributed by atoms with Crippen molar-refractivity contribution in [2.45, 2.75) is 69.6 Å². The minimum atomic E-state index is -4.31. The van der Waals surface area contributed by atoms with Crippen molar-refractivity contribution in [2.75, 3.05) is 0 Å². The second kappa shape index (κ2) is 9.47. The van der Waals surface area contributed by atoms with E-state index in [0.29, 0.717) is 5.92 Å². The van der Waals surface area contributed by atoms with E-state index in [1.165, 1.54) is 6.08 Å². The van der Waals surface area contributed by atoms with E-state index in [0.717, 1.165) is 69.1 Å². The van der Waals surface area contributed by atoms with Crippen molar-refractivity contribution in [1.29, 1.82) is 5.26 Å². The third kappa shape index (κ3) is 5.85. The lowest BCUT2D eigenvalue weighted by atomic mass is 9.81. The van der Waals surface area contributed by atoms with E-state index in [1.54, 1.807) is 12.1 Å². The zero-order valence-electron chi connectivity index (χ0n) is 16.3. The highest BCUT2D eigenvalue weighted by Gasteiger charge is 2.32. The normalized spacial score (nSPS) is 28.1. The number of hydrogen-bond acceptors (Lipinski definition) is 3. The Kier molecular flexibility index (Phi) is 7.00. The number of carbonyl (C=O) groups excluding carboxylic acids is 1. The van der Waals surface area contributed by atoms with Crippen LogP contribution in [0.25, 0.3) is 0 Å². The molecule has 0 bridgehead atoms. The van der Waals surface area contributed by atoms with Crippen molar-refractivity contribution in [1.82, 2.24) is 0 Å². The maximum Gasteiger partial charge on any atom is 0.416 e. The molecule has 0 atom stereocenters. The SMILES string of the molecule is N#C/C=C/C1CCC(C(=O)OC2CCC(c3ccc(C(F)(F)F)cc3)CC2)CC1. The quantitative estimate of drug-likeness (QED) is 0.445. The molecule has 1 aromatic rings. The Bertz CT molecular complexity index is 748. The van der Waals surface area contributed by atoms with Crippen molar-refractivity contribution < 1.29 is 22.7 Å². The molecule has 0 aliphatic heterocycles. The van der Waals surface area contributed by atoms with Gasteiger partial charge in [-0.05, 0) is 80.9 Å². The first-order valence-electron chi connectivity index (χ1n) is 10.3. The van der Waals surface area contributed by atoms with E-state index in [1.807, 2.05) is 12.1 Å². The number of carbonyl (C=O) groups is 1. The number of benzene rings is 1. The molecule has 2 fully saturated rings. The van der Waals surface area contributed by atoms with Crippen LogP contribution in [0.2, 0.25) is 0 Å². The molecular weight excluding hydrogens is 379 g/mol. The number of nitrogens with zero attached hydrogens (tertiary/aromatic N) is 1. The van der Waals surface area contributed by atoms with Gasteiger partial charge in [-0.1, -0.05) is 18.2 Å².